The topological polar surface area (TPSA) is 123 Å². The first kappa shape index (κ1) is 24.5. The van der Waals surface area contributed by atoms with Crippen molar-refractivity contribution in [2.75, 3.05) is 31.6 Å². The molecule has 158 valence electrons. The summed E-state index contributed by atoms with van der Waals surface area (Å²) in [6, 6.07) is 8.13. The van der Waals surface area contributed by atoms with Gasteiger partial charge in [-0.2, -0.15) is 8.42 Å². The average Bonchev–Trinajstić information content (AvgIpc) is 2.60. The molecule has 0 saturated heterocycles. The quantitative estimate of drug-likeness (QED) is 0.445. The molecule has 0 radical (unpaired) electrons. The number of pyridine rings is 1. The molecule has 4 N–H and O–H groups in total. The van der Waals surface area contributed by atoms with Crippen molar-refractivity contribution in [3.63, 3.8) is 0 Å². The fourth-order valence-electron chi connectivity index (χ4n) is 2.81. The number of rotatable bonds is 9. The third-order valence-electron chi connectivity index (χ3n) is 4.09. The van der Waals surface area contributed by atoms with Crippen LogP contribution < -0.4 is 5.32 Å². The third kappa shape index (κ3) is 9.63. The molecule has 1 unspecified atom stereocenters. The van der Waals surface area contributed by atoms with Crippen molar-refractivity contribution in [1.29, 1.82) is 0 Å². The SMILES string of the molecule is CCN(CCO)CCCC(C)Nc1ccnc2cccc(Cl)c12.O=S(=O)(O)O. The molecule has 2 aromatic rings. The van der Waals surface area contributed by atoms with Gasteiger partial charge in [0.05, 0.1) is 17.1 Å². The number of benzene rings is 1. The fraction of sp³-hybridized carbons (Fsp3) is 0.500. The highest BCUT2D eigenvalue weighted by molar-refractivity contribution is 7.79. The monoisotopic (exact) mass is 433 g/mol. The van der Waals surface area contributed by atoms with Gasteiger partial charge >= 0.3 is 10.4 Å². The van der Waals surface area contributed by atoms with E-state index in [0.29, 0.717) is 6.04 Å². The van der Waals surface area contributed by atoms with E-state index in [2.05, 4.69) is 29.0 Å². The van der Waals surface area contributed by atoms with E-state index in [1.165, 1.54) is 0 Å². The van der Waals surface area contributed by atoms with Gasteiger partial charge < -0.3 is 15.3 Å². The maximum atomic E-state index is 9.03. The van der Waals surface area contributed by atoms with Crippen molar-refractivity contribution in [3.05, 3.63) is 35.5 Å². The van der Waals surface area contributed by atoms with Gasteiger partial charge in [-0.25, -0.2) is 0 Å². The van der Waals surface area contributed by atoms with Crippen molar-refractivity contribution in [2.24, 2.45) is 0 Å². The van der Waals surface area contributed by atoms with Crippen molar-refractivity contribution < 1.29 is 22.6 Å². The number of aliphatic hydroxyl groups excluding tert-OH is 1. The molecule has 0 bridgehead atoms. The molecule has 0 aliphatic rings. The predicted molar refractivity (Wildman–Crippen MR) is 112 cm³/mol. The summed E-state index contributed by atoms with van der Waals surface area (Å²) in [5.74, 6) is 0. The fourth-order valence-corrected chi connectivity index (χ4v) is 3.08. The Morgan fingerprint density at radius 3 is 2.54 bits per heavy atom. The van der Waals surface area contributed by atoms with E-state index in [0.717, 1.165) is 54.1 Å². The second-order valence-corrected chi connectivity index (χ2v) is 7.59. The number of hydrogen-bond donors (Lipinski definition) is 4. The van der Waals surface area contributed by atoms with Crippen LogP contribution in [-0.4, -0.2) is 64.8 Å². The van der Waals surface area contributed by atoms with Crippen LogP contribution in [0.15, 0.2) is 30.5 Å². The Bertz CT molecular complexity index is 822. The first-order valence-corrected chi connectivity index (χ1v) is 10.8. The van der Waals surface area contributed by atoms with Crippen molar-refractivity contribution in [2.45, 2.75) is 32.7 Å². The van der Waals surface area contributed by atoms with Crippen LogP contribution in [0.1, 0.15) is 26.7 Å². The molecule has 0 aliphatic carbocycles. The van der Waals surface area contributed by atoms with E-state index >= 15 is 0 Å². The highest BCUT2D eigenvalue weighted by Crippen LogP contribution is 2.29. The standard InChI is InChI=1S/C18H26ClN3O.H2O4S/c1-3-22(12-13-23)11-5-6-14(2)21-17-9-10-20-16-8-4-7-15(19)18(16)17;1-5(2,3)4/h4,7-10,14,23H,3,5-6,11-13H2,1-2H3,(H,20,21);(H2,1,2,3,4). The molecule has 1 aromatic heterocycles. The number of likely N-dealkylation sites (N-methyl/N-ethyl adjacent to an activating group) is 1. The van der Waals surface area contributed by atoms with E-state index in [-0.39, 0.29) is 6.61 Å². The van der Waals surface area contributed by atoms with Gasteiger partial charge in [-0.15, -0.1) is 0 Å². The summed E-state index contributed by atoms with van der Waals surface area (Å²) in [7, 11) is -4.67. The summed E-state index contributed by atoms with van der Waals surface area (Å²) in [4.78, 5) is 6.64. The second-order valence-electron chi connectivity index (χ2n) is 6.29. The predicted octanol–water partition coefficient (Wildman–Crippen LogP) is 3.13. The summed E-state index contributed by atoms with van der Waals surface area (Å²) in [5, 5.41) is 14.3. The highest BCUT2D eigenvalue weighted by atomic mass is 35.5. The molecule has 28 heavy (non-hydrogen) atoms. The van der Waals surface area contributed by atoms with Crippen molar-refractivity contribution >= 4 is 38.6 Å². The van der Waals surface area contributed by atoms with Crippen molar-refractivity contribution in [1.82, 2.24) is 9.88 Å². The van der Waals surface area contributed by atoms with Crippen LogP contribution in [0.3, 0.4) is 0 Å². The number of nitrogens with one attached hydrogen (secondary N) is 1. The number of fused-ring (bicyclic) bond motifs is 1. The average molecular weight is 434 g/mol. The van der Waals surface area contributed by atoms with Crippen LogP contribution in [0.4, 0.5) is 5.69 Å². The lowest BCUT2D eigenvalue weighted by Crippen LogP contribution is -2.28. The highest BCUT2D eigenvalue weighted by Gasteiger charge is 2.09. The van der Waals surface area contributed by atoms with Crippen LogP contribution in [0.5, 0.6) is 0 Å². The molecule has 1 aromatic carbocycles. The van der Waals surface area contributed by atoms with Crippen LogP contribution in [-0.2, 0) is 10.4 Å². The Kier molecular flexibility index (Phi) is 10.7. The van der Waals surface area contributed by atoms with Gasteiger partial charge in [0, 0.05) is 29.9 Å². The number of aliphatic hydroxyl groups is 1. The molecule has 0 aliphatic heterocycles. The Balaban J connectivity index is 0.000000696. The number of anilines is 1. The van der Waals surface area contributed by atoms with E-state index < -0.39 is 10.4 Å². The number of aromatic nitrogens is 1. The molecule has 0 amide bonds. The lowest BCUT2D eigenvalue weighted by atomic mass is 10.1. The van der Waals surface area contributed by atoms with Crippen LogP contribution in [0, 0.1) is 0 Å². The summed E-state index contributed by atoms with van der Waals surface area (Å²) in [6.45, 7) is 7.29. The minimum Gasteiger partial charge on any atom is -0.395 e. The molecule has 1 atom stereocenters. The number of hydrogen-bond acceptors (Lipinski definition) is 6. The van der Waals surface area contributed by atoms with Gasteiger partial charge in [-0.3, -0.25) is 14.1 Å². The number of nitrogens with zero attached hydrogens (tertiary/aromatic N) is 2. The first-order chi connectivity index (χ1) is 13.2. The molecule has 1 heterocycles. The lowest BCUT2D eigenvalue weighted by molar-refractivity contribution is 0.199. The molecular formula is C18H28ClN3O5S. The molecule has 0 saturated carbocycles. The van der Waals surface area contributed by atoms with E-state index in [9.17, 15) is 0 Å². The van der Waals surface area contributed by atoms with Crippen molar-refractivity contribution in [3.8, 4) is 0 Å². The zero-order chi connectivity index (χ0) is 21.2. The van der Waals surface area contributed by atoms with Gasteiger partial charge in [-0.05, 0) is 51.1 Å². The van der Waals surface area contributed by atoms with Crippen LogP contribution in [0.25, 0.3) is 10.9 Å². The van der Waals surface area contributed by atoms with Gasteiger partial charge in [0.1, 0.15) is 0 Å². The second kappa shape index (κ2) is 12.2. The van der Waals surface area contributed by atoms with Gasteiger partial charge in [0.2, 0.25) is 0 Å². The Morgan fingerprint density at radius 2 is 1.93 bits per heavy atom. The molecule has 10 heteroatoms. The smallest absolute Gasteiger partial charge is 0.394 e. The molecule has 0 spiro atoms. The summed E-state index contributed by atoms with van der Waals surface area (Å²) in [5.41, 5.74) is 1.95. The Labute approximate surface area is 171 Å². The lowest BCUT2D eigenvalue weighted by Gasteiger charge is -2.21. The summed E-state index contributed by atoms with van der Waals surface area (Å²) in [6.07, 6.45) is 3.97. The maximum absolute atomic E-state index is 9.03. The molecule has 2 rings (SSSR count). The minimum atomic E-state index is -4.67. The van der Waals surface area contributed by atoms with E-state index in [1.807, 2.05) is 30.5 Å². The van der Waals surface area contributed by atoms with Gasteiger partial charge in [0.15, 0.2) is 0 Å². The Hall–Kier alpha value is -1.49. The Morgan fingerprint density at radius 1 is 1.25 bits per heavy atom. The normalized spacial score (nSPS) is 12.5. The maximum Gasteiger partial charge on any atom is 0.394 e. The largest absolute Gasteiger partial charge is 0.395 e. The number of halogens is 1. The summed E-state index contributed by atoms with van der Waals surface area (Å²) < 4.78 is 31.6. The van der Waals surface area contributed by atoms with Gasteiger partial charge in [0.25, 0.3) is 0 Å². The van der Waals surface area contributed by atoms with E-state index in [4.69, 9.17) is 34.2 Å². The zero-order valence-corrected chi connectivity index (χ0v) is 17.6. The molecule has 8 nitrogen and oxygen atoms in total. The molecule has 0 fully saturated rings. The third-order valence-corrected chi connectivity index (χ3v) is 4.41. The minimum absolute atomic E-state index is 0.225. The van der Waals surface area contributed by atoms with Gasteiger partial charge in [-0.1, -0.05) is 24.6 Å². The van der Waals surface area contributed by atoms with E-state index in [1.54, 1.807) is 0 Å². The summed E-state index contributed by atoms with van der Waals surface area (Å²) >= 11 is 6.33. The zero-order valence-electron chi connectivity index (χ0n) is 16.0. The van der Waals surface area contributed by atoms with Crippen LogP contribution >= 0.6 is 11.6 Å². The molecular weight excluding hydrogens is 406 g/mol. The first-order valence-electron chi connectivity index (χ1n) is 8.98. The van der Waals surface area contributed by atoms with Crippen LogP contribution in [0.2, 0.25) is 5.02 Å².